The van der Waals surface area contributed by atoms with E-state index in [4.69, 9.17) is 0 Å². The number of benzene rings is 1. The first-order chi connectivity index (χ1) is 7.87. The molecule has 0 aliphatic rings. The molecule has 0 unspecified atom stereocenters. The number of nitro benzene ring substituents is 1. The van der Waals surface area contributed by atoms with Gasteiger partial charge in [-0.1, -0.05) is 0 Å². The molecule has 0 aliphatic carbocycles. The minimum absolute atomic E-state index is 0. The Morgan fingerprint density at radius 2 is 1.94 bits per heavy atom. The number of rotatable bonds is 3. The van der Waals surface area contributed by atoms with Crippen molar-refractivity contribution in [2.45, 2.75) is 6.44 Å². The van der Waals surface area contributed by atoms with Crippen LogP contribution < -0.4 is 51.4 Å². The van der Waals surface area contributed by atoms with E-state index in [0.717, 1.165) is 10.6 Å². The van der Waals surface area contributed by atoms with E-state index in [-0.39, 0.29) is 62.6 Å². The molecule has 0 bridgehead atoms. The average molecular weight is 282 g/mol. The first-order valence-corrected chi connectivity index (χ1v) is 4.81. The summed E-state index contributed by atoms with van der Waals surface area (Å²) < 4.78 is 37.9. The Morgan fingerprint density at radius 1 is 1.28 bits per heavy atom. The second-order valence-electron chi connectivity index (χ2n) is 3.68. The van der Waals surface area contributed by atoms with E-state index in [2.05, 4.69) is 0 Å². The Bertz CT molecular complexity index is 585. The van der Waals surface area contributed by atoms with Gasteiger partial charge >= 0.3 is 58.4 Å². The summed E-state index contributed by atoms with van der Waals surface area (Å²) in [4.78, 5) is 9.91. The van der Waals surface area contributed by atoms with Crippen molar-refractivity contribution in [3.8, 4) is 0 Å². The molecule has 0 amide bonds. The monoisotopic (exact) mass is 282 g/mol. The van der Waals surface area contributed by atoms with E-state index >= 15 is 0 Å². The molecule has 4 nitrogen and oxygen atoms in total. The molecule has 2 aromatic rings. The molecule has 0 N–H and O–H groups in total. The van der Waals surface area contributed by atoms with E-state index < -0.39 is 18.3 Å². The molecule has 0 fully saturated rings. The van der Waals surface area contributed by atoms with Gasteiger partial charge in [0.15, 0.2) is 0 Å². The molecule has 0 saturated heterocycles. The van der Waals surface area contributed by atoms with Crippen LogP contribution in [0.25, 0.3) is 10.9 Å². The third kappa shape index (κ3) is 3.58. The number of nitrogens with zero attached hydrogens (tertiary/aromatic N) is 2. The summed E-state index contributed by atoms with van der Waals surface area (Å²) in [6, 6.07) is 5.36. The van der Waals surface area contributed by atoms with Gasteiger partial charge in [0.2, 0.25) is 0 Å². The van der Waals surface area contributed by atoms with E-state index in [1.807, 2.05) is 0 Å². The average Bonchev–Trinajstić information content (AvgIpc) is 2.58. The van der Waals surface area contributed by atoms with Gasteiger partial charge in [0.25, 0.3) is 5.69 Å². The van der Waals surface area contributed by atoms with Crippen LogP contribution >= 0.6 is 0 Å². The van der Waals surface area contributed by atoms with Crippen LogP contribution in [0.15, 0.2) is 30.5 Å². The molecule has 0 atom stereocenters. The van der Waals surface area contributed by atoms with Crippen LogP contribution in [0.5, 0.6) is 0 Å². The van der Waals surface area contributed by atoms with Crippen LogP contribution in [0.1, 0.15) is 0 Å². The van der Waals surface area contributed by atoms with E-state index in [1.54, 1.807) is 0 Å². The quantitative estimate of drug-likeness (QED) is 0.450. The molecule has 9 heteroatoms. The summed E-state index contributed by atoms with van der Waals surface area (Å²) in [7, 11) is 0. The van der Waals surface area contributed by atoms with Gasteiger partial charge in [-0.3, -0.25) is 10.1 Å². The first-order valence-electron chi connectivity index (χ1n) is 4.81. The summed E-state index contributed by atoms with van der Waals surface area (Å²) in [5, 5.41) is 11.1. The van der Waals surface area contributed by atoms with Crippen LogP contribution in [0, 0.1) is 10.1 Å². The van der Waals surface area contributed by atoms with Crippen molar-refractivity contribution in [3.63, 3.8) is 0 Å². The third-order valence-corrected chi connectivity index (χ3v) is 2.37. The van der Waals surface area contributed by atoms with E-state index in [1.165, 1.54) is 24.4 Å². The van der Waals surface area contributed by atoms with Gasteiger partial charge < -0.3 is 17.5 Å². The normalized spacial score (nSPS) is 11.3. The summed E-state index contributed by atoms with van der Waals surface area (Å²) in [6.45, 7) is -4.97. The molecule has 90 valence electrons. The predicted octanol–water partition coefficient (Wildman–Crippen LogP) is -0.0599. The van der Waals surface area contributed by atoms with Gasteiger partial charge in [0.1, 0.15) is 0 Å². The molecule has 1 heterocycles. The molecule has 0 saturated carbocycles. The van der Waals surface area contributed by atoms with E-state index in [9.17, 15) is 23.1 Å². The maximum atomic E-state index is 12.3. The predicted molar refractivity (Wildman–Crippen MR) is 57.7 cm³/mol. The van der Waals surface area contributed by atoms with Crippen LogP contribution in [0.2, 0.25) is 0 Å². The maximum absolute atomic E-state index is 12.3. The third-order valence-electron chi connectivity index (χ3n) is 2.37. The standard InChI is InChI=1S/C9H7BF3N2O2.K/c11-10(12,13)6-14-4-3-7-1-2-8(15(16)17)5-9(7)14;/h1-5H,6H2;/q-1;+1. The largest absolute Gasteiger partial charge is 1.00 e. The Balaban J connectivity index is 0.00000162. The maximum Gasteiger partial charge on any atom is 1.00 e. The van der Waals surface area contributed by atoms with Crippen molar-refractivity contribution >= 4 is 23.6 Å². The molecule has 1 aromatic heterocycles. The molecular weight excluding hydrogens is 275 g/mol. The summed E-state index contributed by atoms with van der Waals surface area (Å²) in [6.07, 6.45) is 0.189. The van der Waals surface area contributed by atoms with Crippen LogP contribution in [0.4, 0.5) is 18.6 Å². The SMILES string of the molecule is O=[N+]([O-])c1ccc2ccn(C[B-](F)(F)F)c2c1.[K+]. The van der Waals surface area contributed by atoms with Crippen molar-refractivity contribution < 1.29 is 69.3 Å². The fraction of sp³-hybridized carbons (Fsp3) is 0.111. The molecular formula is C9H7BF3KN2O2. The topological polar surface area (TPSA) is 48.1 Å². The zero-order valence-corrected chi connectivity index (χ0v) is 12.6. The van der Waals surface area contributed by atoms with Crippen molar-refractivity contribution in [1.82, 2.24) is 4.57 Å². The second-order valence-corrected chi connectivity index (χ2v) is 3.68. The molecule has 2 rings (SSSR count). The van der Waals surface area contributed by atoms with E-state index in [0.29, 0.717) is 5.39 Å². The zero-order valence-electron chi connectivity index (χ0n) is 9.52. The molecule has 1 aromatic carbocycles. The molecule has 0 radical (unpaired) electrons. The van der Waals surface area contributed by atoms with Gasteiger partial charge in [-0.2, -0.15) is 0 Å². The van der Waals surface area contributed by atoms with Gasteiger partial charge in [0.05, 0.1) is 10.4 Å². The van der Waals surface area contributed by atoms with Crippen LogP contribution in [-0.2, 0) is 6.44 Å². The minimum atomic E-state index is -4.97. The Labute approximate surface area is 143 Å². The Kier molecular flexibility index (Phi) is 5.01. The van der Waals surface area contributed by atoms with Crippen LogP contribution in [0.3, 0.4) is 0 Å². The summed E-state index contributed by atoms with van der Waals surface area (Å²) >= 11 is 0. The molecule has 0 spiro atoms. The molecule has 18 heavy (non-hydrogen) atoms. The van der Waals surface area contributed by atoms with Crippen molar-refractivity contribution in [2.75, 3.05) is 0 Å². The molecule has 0 aliphatic heterocycles. The number of hydrogen-bond acceptors (Lipinski definition) is 2. The second kappa shape index (κ2) is 5.74. The Hall–Kier alpha value is -0.349. The van der Waals surface area contributed by atoms with Crippen LogP contribution in [-0.4, -0.2) is 16.5 Å². The van der Waals surface area contributed by atoms with Gasteiger partial charge in [-0.25, -0.2) is 0 Å². The summed E-state index contributed by atoms with van der Waals surface area (Å²) in [5.74, 6) is 0. The zero-order chi connectivity index (χ0) is 12.6. The fourth-order valence-electron chi connectivity index (χ4n) is 1.67. The van der Waals surface area contributed by atoms with Gasteiger partial charge in [-0.05, 0) is 24.0 Å². The van der Waals surface area contributed by atoms with Gasteiger partial charge in [0, 0.05) is 18.3 Å². The number of halogens is 3. The number of nitro groups is 1. The Morgan fingerprint density at radius 3 is 2.50 bits per heavy atom. The number of aromatic nitrogens is 1. The fourth-order valence-corrected chi connectivity index (χ4v) is 1.67. The van der Waals surface area contributed by atoms with Crippen molar-refractivity contribution in [2.24, 2.45) is 0 Å². The van der Waals surface area contributed by atoms with Crippen molar-refractivity contribution in [3.05, 3.63) is 40.6 Å². The smallest absolute Gasteiger partial charge is 0.448 e. The minimum Gasteiger partial charge on any atom is -0.448 e. The number of fused-ring (bicyclic) bond motifs is 1. The summed E-state index contributed by atoms with van der Waals surface area (Å²) in [5.41, 5.74) is 0.00512. The number of hydrogen-bond donors (Lipinski definition) is 0. The van der Waals surface area contributed by atoms with Crippen molar-refractivity contribution in [1.29, 1.82) is 0 Å². The first kappa shape index (κ1) is 15.7. The van der Waals surface area contributed by atoms with Gasteiger partial charge in [-0.15, -0.1) is 0 Å². The number of non-ortho nitro benzene ring substituents is 1.